The molecule has 1 radical (unpaired) electrons. The standard InChI is InChI=1S/C5H5/c1-4-5(2)3/h2H2,3H3. The van der Waals surface area contributed by atoms with Gasteiger partial charge >= 0.3 is 0 Å². The minimum atomic E-state index is 0.671. The maximum atomic E-state index is 6.31. The molecule has 0 N–H and O–H groups in total. The van der Waals surface area contributed by atoms with Gasteiger partial charge in [0.2, 0.25) is 0 Å². The molecule has 25 valence electrons. The van der Waals surface area contributed by atoms with Crippen LogP contribution in [-0.4, -0.2) is 0 Å². The third-order valence-electron chi connectivity index (χ3n) is 0.213. The molecule has 0 saturated heterocycles. The SMILES string of the molecule is [C]#CC(=C)C. The Morgan fingerprint density at radius 2 is 2.20 bits per heavy atom. The summed E-state index contributed by atoms with van der Waals surface area (Å²) in [4.78, 5) is 0. The molecule has 0 spiro atoms. The van der Waals surface area contributed by atoms with Crippen LogP contribution in [0.5, 0.6) is 0 Å². The lowest BCUT2D eigenvalue weighted by Gasteiger charge is -1.66. The van der Waals surface area contributed by atoms with Crippen LogP contribution in [-0.2, 0) is 0 Å². The van der Waals surface area contributed by atoms with Gasteiger partial charge in [-0.05, 0) is 18.9 Å². The lowest BCUT2D eigenvalue weighted by Crippen LogP contribution is -1.51. The molecular weight excluding hydrogens is 60.1 g/mol. The second-order valence-corrected chi connectivity index (χ2v) is 0.905. The van der Waals surface area contributed by atoms with Gasteiger partial charge in [0.1, 0.15) is 0 Å². The van der Waals surface area contributed by atoms with Crippen LogP contribution in [0.2, 0.25) is 0 Å². The van der Waals surface area contributed by atoms with Crippen LogP contribution in [0, 0.1) is 12.3 Å². The molecule has 0 nitrogen and oxygen atoms in total. The molecule has 0 heterocycles. The maximum absolute atomic E-state index is 6.31. The largest absolute Gasteiger partial charge is 0.0877 e. The normalized spacial score (nSPS) is 5.60. The number of hydrogen-bond donors (Lipinski definition) is 0. The van der Waals surface area contributed by atoms with E-state index in [1.54, 1.807) is 6.92 Å². The van der Waals surface area contributed by atoms with E-state index in [4.69, 9.17) is 6.42 Å². The van der Waals surface area contributed by atoms with E-state index in [-0.39, 0.29) is 0 Å². The first kappa shape index (κ1) is 4.30. The molecule has 0 aromatic rings. The number of rotatable bonds is 0. The Hall–Kier alpha value is -0.700. The maximum Gasteiger partial charge on any atom is -0.00723 e. The van der Waals surface area contributed by atoms with Crippen LogP contribution in [0.1, 0.15) is 6.92 Å². The lowest BCUT2D eigenvalue weighted by molar-refractivity contribution is 1.63. The average Bonchev–Trinajstić information content (AvgIpc) is 1.38. The third kappa shape index (κ3) is 3.30. The lowest BCUT2D eigenvalue weighted by atomic mass is 10.4. The molecule has 5 heavy (non-hydrogen) atoms. The van der Waals surface area contributed by atoms with E-state index in [0.717, 1.165) is 0 Å². The van der Waals surface area contributed by atoms with E-state index < -0.39 is 0 Å². The Morgan fingerprint density at radius 3 is 2.20 bits per heavy atom. The first-order valence-electron chi connectivity index (χ1n) is 1.35. The van der Waals surface area contributed by atoms with Crippen molar-refractivity contribution in [3.8, 4) is 5.92 Å². The van der Waals surface area contributed by atoms with E-state index in [9.17, 15) is 0 Å². The Morgan fingerprint density at radius 1 is 2.00 bits per heavy atom. The molecule has 0 rings (SSSR count). The van der Waals surface area contributed by atoms with Crippen molar-refractivity contribution in [2.45, 2.75) is 6.92 Å². The molecule has 0 bridgehead atoms. The first-order valence-corrected chi connectivity index (χ1v) is 1.35. The fraction of sp³-hybridized carbons (Fsp3) is 0.200. The predicted molar refractivity (Wildman–Crippen MR) is 21.9 cm³/mol. The summed E-state index contributed by atoms with van der Waals surface area (Å²) in [5.74, 6) is 2.08. The monoisotopic (exact) mass is 65.0 g/mol. The molecule has 0 aliphatic rings. The third-order valence-corrected chi connectivity index (χ3v) is 0.213. The second kappa shape index (κ2) is 1.60. The van der Waals surface area contributed by atoms with Crippen molar-refractivity contribution in [2.24, 2.45) is 0 Å². The first-order chi connectivity index (χ1) is 2.27. The van der Waals surface area contributed by atoms with Crippen LogP contribution in [0.25, 0.3) is 0 Å². The Labute approximate surface area is 32.5 Å². The van der Waals surface area contributed by atoms with E-state index in [0.29, 0.717) is 5.57 Å². The van der Waals surface area contributed by atoms with Crippen LogP contribution in [0.4, 0.5) is 0 Å². The summed E-state index contributed by atoms with van der Waals surface area (Å²) in [6.45, 7) is 5.10. The summed E-state index contributed by atoms with van der Waals surface area (Å²) in [6.07, 6.45) is 6.31. The molecule has 0 heteroatoms. The van der Waals surface area contributed by atoms with E-state index in [2.05, 4.69) is 12.5 Å². The molecule has 0 atom stereocenters. The Kier molecular flexibility index (Phi) is 1.38. The van der Waals surface area contributed by atoms with E-state index >= 15 is 0 Å². The van der Waals surface area contributed by atoms with Gasteiger partial charge in [-0.25, -0.2) is 0 Å². The minimum absolute atomic E-state index is 0.671. The van der Waals surface area contributed by atoms with Gasteiger partial charge in [0, 0.05) is 0 Å². The zero-order chi connectivity index (χ0) is 4.28. The smallest absolute Gasteiger partial charge is 0.00723 e. The molecule has 0 amide bonds. The summed E-state index contributed by atoms with van der Waals surface area (Å²) in [5.41, 5.74) is 0.671. The highest BCUT2D eigenvalue weighted by Gasteiger charge is 1.60. The van der Waals surface area contributed by atoms with Gasteiger partial charge in [-0.15, -0.1) is 0 Å². The van der Waals surface area contributed by atoms with Gasteiger partial charge in [-0.3, -0.25) is 0 Å². The molecule has 0 aliphatic carbocycles. The average molecular weight is 65.1 g/mol. The van der Waals surface area contributed by atoms with Gasteiger partial charge in [0.15, 0.2) is 0 Å². The molecule has 0 aromatic heterocycles. The van der Waals surface area contributed by atoms with Crippen molar-refractivity contribution < 1.29 is 0 Å². The van der Waals surface area contributed by atoms with Crippen LogP contribution < -0.4 is 0 Å². The summed E-state index contributed by atoms with van der Waals surface area (Å²) in [6, 6.07) is 0. The highest BCUT2D eigenvalue weighted by atomic mass is 13.6. The van der Waals surface area contributed by atoms with Crippen molar-refractivity contribution in [3.05, 3.63) is 18.6 Å². The highest BCUT2D eigenvalue weighted by Crippen LogP contribution is 1.75. The van der Waals surface area contributed by atoms with Crippen molar-refractivity contribution in [3.63, 3.8) is 0 Å². The zero-order valence-electron chi connectivity index (χ0n) is 3.21. The Balaban J connectivity index is 3.35. The molecule has 0 fully saturated rings. The van der Waals surface area contributed by atoms with Crippen molar-refractivity contribution in [1.29, 1.82) is 0 Å². The van der Waals surface area contributed by atoms with Crippen molar-refractivity contribution >= 4 is 0 Å². The second-order valence-electron chi connectivity index (χ2n) is 0.905. The van der Waals surface area contributed by atoms with Gasteiger partial charge in [0.05, 0.1) is 0 Å². The fourth-order valence-corrected chi connectivity index (χ4v) is 0. The summed E-state index contributed by atoms with van der Waals surface area (Å²) < 4.78 is 0. The number of allylic oxidation sites excluding steroid dienone is 1. The van der Waals surface area contributed by atoms with Crippen LogP contribution in [0.3, 0.4) is 0 Å². The molecule has 0 aliphatic heterocycles. The van der Waals surface area contributed by atoms with Gasteiger partial charge in [-0.2, -0.15) is 0 Å². The van der Waals surface area contributed by atoms with E-state index in [1.807, 2.05) is 0 Å². The molecule has 0 unspecified atom stereocenters. The number of hydrogen-bond acceptors (Lipinski definition) is 0. The fourth-order valence-electron chi connectivity index (χ4n) is 0. The van der Waals surface area contributed by atoms with Gasteiger partial charge < -0.3 is 0 Å². The topological polar surface area (TPSA) is 0 Å². The highest BCUT2D eigenvalue weighted by molar-refractivity contribution is 5.14. The minimum Gasteiger partial charge on any atom is -0.0877 e. The van der Waals surface area contributed by atoms with Crippen LogP contribution >= 0.6 is 0 Å². The quantitative estimate of drug-likeness (QED) is 0.371. The molecule has 0 saturated carbocycles. The summed E-state index contributed by atoms with van der Waals surface area (Å²) in [7, 11) is 0. The Bertz CT molecular complexity index is 72.5. The summed E-state index contributed by atoms with van der Waals surface area (Å²) >= 11 is 0. The zero-order valence-corrected chi connectivity index (χ0v) is 3.21. The van der Waals surface area contributed by atoms with Crippen molar-refractivity contribution in [2.75, 3.05) is 0 Å². The van der Waals surface area contributed by atoms with Crippen molar-refractivity contribution in [1.82, 2.24) is 0 Å². The van der Waals surface area contributed by atoms with Gasteiger partial charge in [-0.1, -0.05) is 12.5 Å². The van der Waals surface area contributed by atoms with E-state index in [1.165, 1.54) is 0 Å². The van der Waals surface area contributed by atoms with Crippen LogP contribution in [0.15, 0.2) is 12.2 Å². The molecule has 0 aromatic carbocycles. The predicted octanol–water partition coefficient (Wildman–Crippen LogP) is 1.15. The molecular formula is C5H5. The summed E-state index contributed by atoms with van der Waals surface area (Å²) in [5, 5.41) is 0. The van der Waals surface area contributed by atoms with Gasteiger partial charge in [0.25, 0.3) is 0 Å².